The zero-order chi connectivity index (χ0) is 20.7. The molecule has 3 heterocycles. The molecular weight excluding hydrogens is 408 g/mol. The molecule has 0 aromatic heterocycles. The minimum absolute atomic E-state index is 0.157. The van der Waals surface area contributed by atoms with Gasteiger partial charge in [-0.15, -0.1) is 4.28 Å². The summed E-state index contributed by atoms with van der Waals surface area (Å²) in [5.41, 5.74) is 4.21. The number of hydroxylamine groups is 2. The van der Waals surface area contributed by atoms with Gasteiger partial charge < -0.3 is 10.2 Å². The highest BCUT2D eigenvalue weighted by molar-refractivity contribution is 7.80. The third-order valence-corrected chi connectivity index (χ3v) is 5.26. The molecule has 158 valence electrons. The number of amides is 4. The van der Waals surface area contributed by atoms with Crippen LogP contribution in [0.5, 0.6) is 0 Å². The van der Waals surface area contributed by atoms with Crippen molar-refractivity contribution in [3.05, 3.63) is 0 Å². The quantitative estimate of drug-likeness (QED) is 0.308. The lowest BCUT2D eigenvalue weighted by molar-refractivity contribution is -0.154. The van der Waals surface area contributed by atoms with Crippen LogP contribution in [0, 0.1) is 5.92 Å². The molecular formula is C13H19F2N5O7S. The third-order valence-electron chi connectivity index (χ3n) is 4.91. The van der Waals surface area contributed by atoms with Crippen LogP contribution in [0.3, 0.4) is 0 Å². The highest BCUT2D eigenvalue weighted by Crippen LogP contribution is 2.40. The van der Waals surface area contributed by atoms with Crippen molar-refractivity contribution in [2.75, 3.05) is 19.6 Å². The Morgan fingerprint density at radius 2 is 1.82 bits per heavy atom. The van der Waals surface area contributed by atoms with Crippen LogP contribution in [0.2, 0.25) is 0 Å². The number of hydrogen-bond acceptors (Lipinski definition) is 7. The van der Waals surface area contributed by atoms with E-state index in [2.05, 4.69) is 15.0 Å². The summed E-state index contributed by atoms with van der Waals surface area (Å²) in [5, 5.41) is 2.91. The first kappa shape index (κ1) is 20.6. The van der Waals surface area contributed by atoms with Crippen LogP contribution < -0.4 is 16.2 Å². The van der Waals surface area contributed by atoms with Gasteiger partial charge in [-0.1, -0.05) is 0 Å². The fourth-order valence-electron chi connectivity index (χ4n) is 3.48. The van der Waals surface area contributed by atoms with Crippen molar-refractivity contribution in [1.82, 2.24) is 26.1 Å². The van der Waals surface area contributed by atoms with Crippen molar-refractivity contribution in [1.29, 1.82) is 0 Å². The Hall–Kier alpha value is -2.10. The van der Waals surface area contributed by atoms with E-state index in [1.165, 1.54) is 0 Å². The molecule has 12 nitrogen and oxygen atoms in total. The van der Waals surface area contributed by atoms with E-state index in [1.54, 1.807) is 0 Å². The van der Waals surface area contributed by atoms with E-state index in [0.29, 0.717) is 30.8 Å². The first-order chi connectivity index (χ1) is 13.0. The Bertz CT molecular complexity index is 773. The van der Waals surface area contributed by atoms with Crippen molar-refractivity contribution in [3.8, 4) is 0 Å². The lowest BCUT2D eigenvalue weighted by Crippen LogP contribution is -2.59. The Balaban J connectivity index is 1.66. The highest BCUT2D eigenvalue weighted by Gasteiger charge is 2.62. The van der Waals surface area contributed by atoms with Crippen molar-refractivity contribution in [3.63, 3.8) is 0 Å². The average molecular weight is 427 g/mol. The maximum absolute atomic E-state index is 14.3. The second-order valence-corrected chi connectivity index (χ2v) is 7.77. The van der Waals surface area contributed by atoms with Gasteiger partial charge in [-0.3, -0.25) is 25.0 Å². The number of rotatable bonds is 4. The van der Waals surface area contributed by atoms with Crippen LogP contribution in [0.4, 0.5) is 13.6 Å². The first-order valence-electron chi connectivity index (χ1n) is 8.45. The summed E-state index contributed by atoms with van der Waals surface area (Å²) in [6.45, 7) is 0.573. The summed E-state index contributed by atoms with van der Waals surface area (Å²) in [6, 6.07) is -4.97. The van der Waals surface area contributed by atoms with Crippen molar-refractivity contribution < 1.29 is 40.4 Å². The van der Waals surface area contributed by atoms with Crippen LogP contribution in [0.15, 0.2) is 0 Å². The molecule has 0 spiro atoms. The minimum Gasteiger partial charge on any atom is -0.317 e. The summed E-state index contributed by atoms with van der Waals surface area (Å²) < 4.78 is 63.0. The largest absolute Gasteiger partial charge is 0.418 e. The average Bonchev–Trinajstić information content (AvgIpc) is 2.90. The number of alkyl halides is 2. The Morgan fingerprint density at radius 3 is 2.43 bits per heavy atom. The van der Waals surface area contributed by atoms with E-state index in [9.17, 15) is 31.6 Å². The van der Waals surface area contributed by atoms with E-state index in [4.69, 9.17) is 4.55 Å². The smallest absolute Gasteiger partial charge is 0.317 e. The lowest BCUT2D eigenvalue weighted by atomic mass is 9.96. The summed E-state index contributed by atoms with van der Waals surface area (Å²) in [7, 11) is -5.22. The number of urea groups is 1. The number of fused-ring (bicyclic) bond motifs is 2. The standard InChI is InChI=1S/C13H19F2N5O7S/c14-13(15)5-8(11(22)18-17-10(21)7-1-3-16-4-2-7)19-6-9(13)20(12(19)23)27-28(24,25)26/h7-9,16H,1-6H2,(H,17,21)(H,18,22)(H,24,25,26). The van der Waals surface area contributed by atoms with E-state index in [-0.39, 0.29) is 11.0 Å². The molecule has 3 rings (SSSR count). The maximum Gasteiger partial charge on any atom is 0.418 e. The lowest BCUT2D eigenvalue weighted by Gasteiger charge is -2.34. The number of piperidine rings is 2. The number of carbonyl (C=O) groups excluding carboxylic acids is 3. The fraction of sp³-hybridized carbons (Fsp3) is 0.769. The van der Waals surface area contributed by atoms with Gasteiger partial charge in [0.15, 0.2) is 0 Å². The summed E-state index contributed by atoms with van der Waals surface area (Å²) in [6.07, 6.45) is -0.00134. The monoisotopic (exact) mass is 427 g/mol. The molecule has 15 heteroatoms. The maximum atomic E-state index is 14.3. The molecule has 3 saturated heterocycles. The van der Waals surface area contributed by atoms with Gasteiger partial charge in [0.1, 0.15) is 12.1 Å². The van der Waals surface area contributed by atoms with Gasteiger partial charge in [0.25, 0.3) is 11.8 Å². The van der Waals surface area contributed by atoms with Crippen LogP contribution in [0.25, 0.3) is 0 Å². The van der Waals surface area contributed by atoms with Crippen molar-refractivity contribution in [2.24, 2.45) is 5.92 Å². The summed E-state index contributed by atoms with van der Waals surface area (Å²) in [4.78, 5) is 37.2. The zero-order valence-electron chi connectivity index (χ0n) is 14.4. The van der Waals surface area contributed by atoms with E-state index in [1.807, 2.05) is 5.43 Å². The van der Waals surface area contributed by atoms with Gasteiger partial charge in [0.05, 0.1) is 6.54 Å². The summed E-state index contributed by atoms with van der Waals surface area (Å²) in [5.74, 6) is -5.54. The van der Waals surface area contributed by atoms with Crippen molar-refractivity contribution >= 4 is 28.2 Å². The molecule has 2 bridgehead atoms. The van der Waals surface area contributed by atoms with E-state index >= 15 is 0 Å². The molecule has 4 N–H and O–H groups in total. The van der Waals surface area contributed by atoms with Gasteiger partial charge in [0.2, 0.25) is 5.91 Å². The number of hydrazine groups is 1. The van der Waals surface area contributed by atoms with Crippen LogP contribution >= 0.6 is 0 Å². The molecule has 4 amide bonds. The number of nitrogens with zero attached hydrogens (tertiary/aromatic N) is 2. The number of nitrogens with one attached hydrogen (secondary N) is 3. The van der Waals surface area contributed by atoms with Crippen LogP contribution in [-0.2, 0) is 24.3 Å². The third kappa shape index (κ3) is 4.16. The second kappa shape index (κ2) is 7.38. The Morgan fingerprint density at radius 1 is 1.21 bits per heavy atom. The van der Waals surface area contributed by atoms with E-state index < -0.39 is 59.2 Å². The summed E-state index contributed by atoms with van der Waals surface area (Å²) >= 11 is 0. The topological polar surface area (TPSA) is 157 Å². The SMILES string of the molecule is O=C(NNC(=O)C1CC(F)(F)C2CN1C(=O)N2OS(=O)(=O)O)C1CCNCC1. The fourth-order valence-corrected chi connectivity index (χ4v) is 3.85. The molecule has 3 fully saturated rings. The molecule has 0 aromatic rings. The molecule has 3 aliphatic heterocycles. The van der Waals surface area contributed by atoms with Gasteiger partial charge >= 0.3 is 16.4 Å². The molecule has 0 radical (unpaired) electrons. The van der Waals surface area contributed by atoms with Gasteiger partial charge in [0, 0.05) is 12.3 Å². The number of halogens is 2. The Labute approximate surface area is 158 Å². The van der Waals surface area contributed by atoms with E-state index in [0.717, 1.165) is 0 Å². The van der Waals surface area contributed by atoms with Crippen LogP contribution in [-0.4, -0.2) is 78.4 Å². The van der Waals surface area contributed by atoms with Crippen molar-refractivity contribution in [2.45, 2.75) is 37.3 Å². The molecule has 2 atom stereocenters. The van der Waals surface area contributed by atoms with Gasteiger partial charge in [-0.25, -0.2) is 13.6 Å². The highest BCUT2D eigenvalue weighted by atomic mass is 32.3. The number of carbonyl (C=O) groups is 3. The molecule has 0 aliphatic carbocycles. The predicted molar refractivity (Wildman–Crippen MR) is 85.6 cm³/mol. The molecule has 28 heavy (non-hydrogen) atoms. The first-order valence-corrected chi connectivity index (χ1v) is 9.81. The zero-order valence-corrected chi connectivity index (χ0v) is 15.2. The van der Waals surface area contributed by atoms with Crippen LogP contribution in [0.1, 0.15) is 19.3 Å². The Kier molecular flexibility index (Phi) is 5.44. The van der Waals surface area contributed by atoms with Gasteiger partial charge in [-0.05, 0) is 25.9 Å². The normalized spacial score (nSPS) is 27.6. The molecule has 0 saturated carbocycles. The minimum atomic E-state index is -5.22. The second-order valence-electron chi connectivity index (χ2n) is 6.76. The molecule has 3 aliphatic rings. The molecule has 2 unspecified atom stereocenters. The van der Waals surface area contributed by atoms with Gasteiger partial charge in [-0.2, -0.15) is 13.5 Å². The molecule has 0 aromatic carbocycles. The number of hydrogen-bond donors (Lipinski definition) is 4. The predicted octanol–water partition coefficient (Wildman–Crippen LogP) is -1.62.